The van der Waals surface area contributed by atoms with Gasteiger partial charge in [0.1, 0.15) is 12.2 Å². The quantitative estimate of drug-likeness (QED) is 0.448. The van der Waals surface area contributed by atoms with Gasteiger partial charge in [-0.15, -0.1) is 0 Å². The van der Waals surface area contributed by atoms with Crippen molar-refractivity contribution in [2.24, 2.45) is 0 Å². The lowest BCUT2D eigenvalue weighted by Crippen LogP contribution is -2.12. The van der Waals surface area contributed by atoms with Crippen LogP contribution in [-0.2, 0) is 11.3 Å². The van der Waals surface area contributed by atoms with Gasteiger partial charge in [-0.25, -0.2) is 4.79 Å². The molecule has 25 heavy (non-hydrogen) atoms. The van der Waals surface area contributed by atoms with Crippen molar-refractivity contribution in [1.29, 1.82) is 0 Å². The predicted molar refractivity (Wildman–Crippen MR) is 91.9 cm³/mol. The molecule has 0 unspecified atom stereocenters. The van der Waals surface area contributed by atoms with Gasteiger partial charge in [0.15, 0.2) is 0 Å². The van der Waals surface area contributed by atoms with E-state index in [1.54, 1.807) is 13.0 Å². The molecule has 0 heterocycles. The normalized spacial score (nSPS) is 13.4. The Morgan fingerprint density at radius 1 is 1.28 bits per heavy atom. The fraction of sp³-hybridized carbons (Fsp3) is 0.316. The van der Waals surface area contributed by atoms with Crippen LogP contribution in [0.1, 0.15) is 45.8 Å². The molecule has 0 atom stereocenters. The molecule has 6 heteroatoms. The minimum absolute atomic E-state index is 0.0254. The number of hydrogen-bond acceptors (Lipinski definition) is 5. The zero-order valence-electron chi connectivity index (χ0n) is 14.2. The maximum Gasteiger partial charge on any atom is 0.342 e. The van der Waals surface area contributed by atoms with Crippen LogP contribution in [0.2, 0.25) is 0 Å². The number of nitro groups is 1. The number of hydrogen-bond donors (Lipinski definition) is 0. The van der Waals surface area contributed by atoms with Crippen LogP contribution in [0.25, 0.3) is 0 Å². The van der Waals surface area contributed by atoms with Crippen LogP contribution in [0.4, 0.5) is 5.69 Å². The van der Waals surface area contributed by atoms with Crippen molar-refractivity contribution < 1.29 is 19.2 Å². The summed E-state index contributed by atoms with van der Waals surface area (Å²) in [7, 11) is 1.26. The Labute approximate surface area is 145 Å². The van der Waals surface area contributed by atoms with Crippen molar-refractivity contribution in [1.82, 2.24) is 0 Å². The Bertz CT molecular complexity index is 812. The first kappa shape index (κ1) is 17.0. The van der Waals surface area contributed by atoms with E-state index in [1.807, 2.05) is 30.3 Å². The van der Waals surface area contributed by atoms with Gasteiger partial charge in [0.2, 0.25) is 5.75 Å². The molecule has 1 fully saturated rings. The van der Waals surface area contributed by atoms with Crippen LogP contribution in [0.15, 0.2) is 36.4 Å². The number of esters is 1. The van der Waals surface area contributed by atoms with Gasteiger partial charge in [0.25, 0.3) is 0 Å². The van der Waals surface area contributed by atoms with Gasteiger partial charge >= 0.3 is 11.7 Å². The summed E-state index contributed by atoms with van der Waals surface area (Å²) in [5.74, 6) is -0.376. The van der Waals surface area contributed by atoms with Crippen molar-refractivity contribution in [2.75, 3.05) is 7.11 Å². The van der Waals surface area contributed by atoms with E-state index < -0.39 is 10.9 Å². The monoisotopic (exact) mass is 341 g/mol. The van der Waals surface area contributed by atoms with Gasteiger partial charge in [-0.3, -0.25) is 10.1 Å². The average Bonchev–Trinajstić information content (AvgIpc) is 3.44. The van der Waals surface area contributed by atoms with Gasteiger partial charge in [0, 0.05) is 6.07 Å². The molecule has 0 aromatic heterocycles. The average molecular weight is 341 g/mol. The van der Waals surface area contributed by atoms with Crippen LogP contribution < -0.4 is 4.74 Å². The molecule has 0 aliphatic heterocycles. The van der Waals surface area contributed by atoms with Gasteiger partial charge in [-0.05, 0) is 42.4 Å². The lowest BCUT2D eigenvalue weighted by molar-refractivity contribution is -0.386. The number of nitrogens with zero attached hydrogens (tertiary/aromatic N) is 1. The van der Waals surface area contributed by atoms with Crippen LogP contribution >= 0.6 is 0 Å². The molecule has 0 N–H and O–H groups in total. The first-order valence-electron chi connectivity index (χ1n) is 8.09. The highest BCUT2D eigenvalue weighted by Crippen LogP contribution is 2.47. The number of methoxy groups -OCH3 is 1. The predicted octanol–water partition coefficient (Wildman–Crippen LogP) is 4.15. The van der Waals surface area contributed by atoms with Crippen LogP contribution in [-0.4, -0.2) is 18.0 Å². The third-order valence-corrected chi connectivity index (χ3v) is 4.39. The van der Waals surface area contributed by atoms with Crippen molar-refractivity contribution >= 4 is 11.7 Å². The number of ether oxygens (including phenoxy) is 2. The minimum atomic E-state index is -0.619. The molecule has 1 saturated carbocycles. The van der Waals surface area contributed by atoms with Gasteiger partial charge < -0.3 is 9.47 Å². The number of benzene rings is 2. The zero-order valence-corrected chi connectivity index (χ0v) is 14.2. The zero-order chi connectivity index (χ0) is 18.0. The lowest BCUT2D eigenvalue weighted by Gasteiger charge is -2.16. The molecule has 2 aromatic carbocycles. The second-order valence-electron chi connectivity index (χ2n) is 6.11. The van der Waals surface area contributed by atoms with E-state index in [1.165, 1.54) is 7.11 Å². The Balaban J connectivity index is 2.08. The highest BCUT2D eigenvalue weighted by atomic mass is 16.6. The highest BCUT2D eigenvalue weighted by molar-refractivity contribution is 5.96. The first-order chi connectivity index (χ1) is 12.0. The molecule has 1 aliphatic rings. The third-order valence-electron chi connectivity index (χ3n) is 4.39. The minimum Gasteiger partial charge on any atom is -0.481 e. The topological polar surface area (TPSA) is 78.7 Å². The van der Waals surface area contributed by atoms with Gasteiger partial charge in [0.05, 0.1) is 12.0 Å². The van der Waals surface area contributed by atoms with Crippen molar-refractivity contribution in [3.8, 4) is 5.75 Å². The molecule has 6 nitrogen and oxygen atoms in total. The fourth-order valence-corrected chi connectivity index (χ4v) is 2.94. The van der Waals surface area contributed by atoms with Gasteiger partial charge in [-0.1, -0.05) is 30.3 Å². The molecule has 0 amide bonds. The Hall–Kier alpha value is -2.89. The molecule has 130 valence electrons. The number of rotatable bonds is 6. The maximum absolute atomic E-state index is 12.3. The largest absolute Gasteiger partial charge is 0.481 e. The SMILES string of the molecule is COC(=O)c1c(C)c(C2CC2)cc([N+](=O)[O-])c1OCc1ccccc1. The summed E-state index contributed by atoms with van der Waals surface area (Å²) < 4.78 is 10.6. The van der Waals surface area contributed by atoms with Crippen LogP contribution in [0.5, 0.6) is 5.75 Å². The van der Waals surface area contributed by atoms with Crippen molar-refractivity contribution in [2.45, 2.75) is 32.3 Å². The summed E-state index contributed by atoms with van der Waals surface area (Å²) in [4.78, 5) is 23.4. The summed E-state index contributed by atoms with van der Waals surface area (Å²) in [5, 5.41) is 11.6. The molecule has 3 rings (SSSR count). The van der Waals surface area contributed by atoms with E-state index in [0.29, 0.717) is 5.56 Å². The molecule has 0 bridgehead atoms. The van der Waals surface area contributed by atoms with E-state index in [2.05, 4.69) is 0 Å². The third kappa shape index (κ3) is 3.47. The Morgan fingerprint density at radius 2 is 1.96 bits per heavy atom. The summed E-state index contributed by atoms with van der Waals surface area (Å²) in [6.45, 7) is 1.92. The lowest BCUT2D eigenvalue weighted by atomic mass is 9.96. The number of carbonyl (C=O) groups is 1. The van der Waals surface area contributed by atoms with E-state index in [9.17, 15) is 14.9 Å². The fourth-order valence-electron chi connectivity index (χ4n) is 2.94. The second-order valence-corrected chi connectivity index (χ2v) is 6.11. The first-order valence-corrected chi connectivity index (χ1v) is 8.09. The molecule has 1 aliphatic carbocycles. The summed E-state index contributed by atoms with van der Waals surface area (Å²) in [6, 6.07) is 10.8. The summed E-state index contributed by atoms with van der Waals surface area (Å²) in [6.07, 6.45) is 1.95. The molecule has 0 saturated heterocycles. The van der Waals surface area contributed by atoms with Crippen LogP contribution in [0.3, 0.4) is 0 Å². The summed E-state index contributed by atoms with van der Waals surface area (Å²) >= 11 is 0. The van der Waals surface area contributed by atoms with Gasteiger partial charge in [-0.2, -0.15) is 0 Å². The van der Waals surface area contributed by atoms with Crippen molar-refractivity contribution in [3.05, 3.63) is 68.8 Å². The van der Waals surface area contributed by atoms with E-state index in [0.717, 1.165) is 24.0 Å². The Kier molecular flexibility index (Phi) is 4.70. The highest BCUT2D eigenvalue weighted by Gasteiger charge is 2.34. The summed E-state index contributed by atoms with van der Waals surface area (Å²) in [5.41, 5.74) is 2.34. The molecule has 2 aromatic rings. The maximum atomic E-state index is 12.3. The van der Waals surface area contributed by atoms with E-state index in [-0.39, 0.29) is 29.5 Å². The van der Waals surface area contributed by atoms with E-state index in [4.69, 9.17) is 9.47 Å². The smallest absolute Gasteiger partial charge is 0.342 e. The standard InChI is InChI=1S/C19H19NO5/c1-12-15(14-8-9-14)10-16(20(22)23)18(17(12)19(21)24-2)25-11-13-6-4-3-5-7-13/h3-7,10,14H,8-9,11H2,1-2H3. The Morgan fingerprint density at radius 3 is 2.52 bits per heavy atom. The number of carbonyl (C=O) groups excluding carboxylic acids is 1. The number of nitro benzene ring substituents is 1. The van der Waals surface area contributed by atoms with Crippen molar-refractivity contribution in [3.63, 3.8) is 0 Å². The second kappa shape index (κ2) is 6.93. The molecular formula is C19H19NO5. The van der Waals surface area contributed by atoms with E-state index >= 15 is 0 Å². The van der Waals surface area contributed by atoms with Crippen LogP contribution in [0, 0.1) is 17.0 Å². The molecular weight excluding hydrogens is 322 g/mol. The molecule has 0 spiro atoms. The molecule has 0 radical (unpaired) electrons.